The zero-order chi connectivity index (χ0) is 17.4. The van der Waals surface area contributed by atoms with Crippen LogP contribution < -0.4 is 10.1 Å². The molecule has 1 heterocycles. The summed E-state index contributed by atoms with van der Waals surface area (Å²) in [5.41, 5.74) is 0.954. The highest BCUT2D eigenvalue weighted by molar-refractivity contribution is 5.76. The van der Waals surface area contributed by atoms with Gasteiger partial charge in [0, 0.05) is 31.4 Å². The Hall–Kier alpha value is -2.54. The van der Waals surface area contributed by atoms with Crippen LogP contribution >= 0.6 is 0 Å². The Morgan fingerprint density at radius 2 is 2.12 bits per heavy atom. The second-order valence-corrected chi connectivity index (χ2v) is 5.21. The number of aryl methyl sites for hydroxylation is 1. The maximum absolute atomic E-state index is 13.0. The number of benzene rings is 1. The minimum atomic E-state index is -1.02. The van der Waals surface area contributed by atoms with Gasteiger partial charge in [-0.15, -0.1) is 0 Å². The first-order chi connectivity index (χ1) is 11.5. The monoisotopic (exact) mass is 336 g/mol. The molecule has 5 nitrogen and oxygen atoms in total. The maximum Gasteiger partial charge on any atom is 0.220 e. The second kappa shape index (κ2) is 8.93. The Balaban J connectivity index is 1.66. The van der Waals surface area contributed by atoms with Gasteiger partial charge in [-0.1, -0.05) is 6.07 Å². The van der Waals surface area contributed by atoms with Crippen LogP contribution in [-0.4, -0.2) is 35.3 Å². The molecule has 1 atom stereocenters. The molecule has 2 N–H and O–H groups in total. The van der Waals surface area contributed by atoms with Crippen molar-refractivity contribution in [1.82, 2.24) is 10.3 Å². The third-order valence-electron chi connectivity index (χ3n) is 3.23. The van der Waals surface area contributed by atoms with Gasteiger partial charge in [0.15, 0.2) is 11.6 Å². The van der Waals surface area contributed by atoms with E-state index >= 15 is 0 Å². The van der Waals surface area contributed by atoms with Crippen molar-refractivity contribution in [2.24, 2.45) is 0 Å². The Labute approximate surface area is 138 Å². The number of pyridine rings is 1. The number of carbonyl (C=O) groups excluding carboxylic acids is 1. The number of rotatable bonds is 8. The van der Waals surface area contributed by atoms with Crippen molar-refractivity contribution in [2.45, 2.75) is 18.9 Å². The Morgan fingerprint density at radius 3 is 2.83 bits per heavy atom. The summed E-state index contributed by atoms with van der Waals surface area (Å²) in [4.78, 5) is 15.7. The van der Waals surface area contributed by atoms with Crippen LogP contribution in [0.2, 0.25) is 0 Å². The first-order valence-electron chi connectivity index (χ1n) is 7.46. The summed E-state index contributed by atoms with van der Waals surface area (Å²) in [6, 6.07) is 6.78. The highest BCUT2D eigenvalue weighted by Crippen LogP contribution is 2.15. The number of aliphatic hydroxyl groups is 1. The van der Waals surface area contributed by atoms with Gasteiger partial charge in [-0.3, -0.25) is 9.78 Å². The van der Waals surface area contributed by atoms with Crippen molar-refractivity contribution < 1.29 is 23.4 Å². The number of hydrogen-bond donors (Lipinski definition) is 2. The Kier molecular flexibility index (Phi) is 6.62. The van der Waals surface area contributed by atoms with E-state index in [2.05, 4.69) is 10.3 Å². The molecule has 24 heavy (non-hydrogen) atoms. The summed E-state index contributed by atoms with van der Waals surface area (Å²) in [7, 11) is 0. The fraction of sp³-hybridized carbons (Fsp3) is 0.294. The van der Waals surface area contributed by atoms with Gasteiger partial charge >= 0.3 is 0 Å². The molecule has 1 aromatic carbocycles. The van der Waals surface area contributed by atoms with E-state index in [1.54, 1.807) is 18.5 Å². The number of halogens is 2. The van der Waals surface area contributed by atoms with E-state index in [9.17, 15) is 18.7 Å². The van der Waals surface area contributed by atoms with Crippen LogP contribution in [0.4, 0.5) is 8.78 Å². The third kappa shape index (κ3) is 5.92. The average molecular weight is 336 g/mol. The van der Waals surface area contributed by atoms with Crippen LogP contribution in [-0.2, 0) is 11.2 Å². The fourth-order valence-corrected chi connectivity index (χ4v) is 1.94. The molecular weight excluding hydrogens is 318 g/mol. The first-order valence-corrected chi connectivity index (χ1v) is 7.46. The van der Waals surface area contributed by atoms with Crippen LogP contribution in [0.3, 0.4) is 0 Å². The van der Waals surface area contributed by atoms with Gasteiger partial charge in [-0.2, -0.15) is 0 Å². The van der Waals surface area contributed by atoms with Crippen LogP contribution in [0.5, 0.6) is 5.75 Å². The van der Waals surface area contributed by atoms with Gasteiger partial charge in [0.2, 0.25) is 5.91 Å². The van der Waals surface area contributed by atoms with E-state index in [-0.39, 0.29) is 31.2 Å². The number of ether oxygens (including phenoxy) is 1. The van der Waals surface area contributed by atoms with Crippen molar-refractivity contribution in [2.75, 3.05) is 13.2 Å². The molecule has 0 spiro atoms. The fourth-order valence-electron chi connectivity index (χ4n) is 1.94. The van der Waals surface area contributed by atoms with Gasteiger partial charge < -0.3 is 15.2 Å². The number of aliphatic hydroxyl groups excluding tert-OH is 1. The van der Waals surface area contributed by atoms with E-state index in [1.165, 1.54) is 6.07 Å². The number of hydrogen-bond acceptors (Lipinski definition) is 4. The Bertz CT molecular complexity index is 668. The largest absolute Gasteiger partial charge is 0.491 e. The lowest BCUT2D eigenvalue weighted by Gasteiger charge is -2.13. The van der Waals surface area contributed by atoms with Crippen LogP contribution in [0, 0.1) is 11.6 Å². The summed E-state index contributed by atoms with van der Waals surface area (Å²) in [5, 5.41) is 12.3. The standard InChI is InChI=1S/C17H18F2N2O3/c18-15-5-4-14(8-16(15)19)24-11-13(22)10-21-17(23)6-3-12-2-1-7-20-9-12/h1-2,4-5,7-9,13,22H,3,6,10-11H2,(H,21,23). The van der Waals surface area contributed by atoms with E-state index < -0.39 is 17.7 Å². The van der Waals surface area contributed by atoms with Crippen molar-refractivity contribution in [3.8, 4) is 5.75 Å². The zero-order valence-electron chi connectivity index (χ0n) is 12.9. The number of carbonyl (C=O) groups is 1. The lowest BCUT2D eigenvalue weighted by molar-refractivity contribution is -0.121. The molecule has 0 saturated carbocycles. The number of aromatic nitrogens is 1. The van der Waals surface area contributed by atoms with Gasteiger partial charge in [0.05, 0.1) is 0 Å². The van der Waals surface area contributed by atoms with E-state index in [0.717, 1.165) is 17.7 Å². The molecular formula is C17H18F2N2O3. The quantitative estimate of drug-likeness (QED) is 0.772. The number of nitrogens with zero attached hydrogens (tertiary/aromatic N) is 1. The Morgan fingerprint density at radius 1 is 1.29 bits per heavy atom. The molecule has 1 aromatic heterocycles. The molecule has 0 saturated heterocycles. The minimum absolute atomic E-state index is 0.00947. The minimum Gasteiger partial charge on any atom is -0.491 e. The number of amides is 1. The van der Waals surface area contributed by atoms with E-state index in [1.807, 2.05) is 6.07 Å². The van der Waals surface area contributed by atoms with Crippen LogP contribution in [0.25, 0.3) is 0 Å². The highest BCUT2D eigenvalue weighted by Gasteiger charge is 2.10. The topological polar surface area (TPSA) is 71.5 Å². The van der Waals surface area contributed by atoms with Crippen molar-refractivity contribution in [3.05, 3.63) is 59.9 Å². The van der Waals surface area contributed by atoms with Gasteiger partial charge in [0.25, 0.3) is 0 Å². The van der Waals surface area contributed by atoms with Crippen LogP contribution in [0.1, 0.15) is 12.0 Å². The predicted octanol–water partition coefficient (Wildman–Crippen LogP) is 1.85. The first kappa shape index (κ1) is 17.8. The normalized spacial score (nSPS) is 11.8. The summed E-state index contributed by atoms with van der Waals surface area (Å²) in [6.07, 6.45) is 3.23. The van der Waals surface area contributed by atoms with Crippen molar-refractivity contribution in [1.29, 1.82) is 0 Å². The van der Waals surface area contributed by atoms with Gasteiger partial charge in [0.1, 0.15) is 18.5 Å². The SMILES string of the molecule is O=C(CCc1cccnc1)NCC(O)COc1ccc(F)c(F)c1. The lowest BCUT2D eigenvalue weighted by Crippen LogP contribution is -2.35. The summed E-state index contributed by atoms with van der Waals surface area (Å²) < 4.78 is 30.9. The summed E-state index contributed by atoms with van der Waals surface area (Å²) in [5.74, 6) is -2.09. The molecule has 2 rings (SSSR count). The molecule has 128 valence electrons. The molecule has 0 bridgehead atoms. The third-order valence-corrected chi connectivity index (χ3v) is 3.23. The number of nitrogens with one attached hydrogen (secondary N) is 1. The lowest BCUT2D eigenvalue weighted by atomic mass is 10.1. The average Bonchev–Trinajstić information content (AvgIpc) is 2.60. The van der Waals surface area contributed by atoms with Crippen molar-refractivity contribution >= 4 is 5.91 Å². The molecule has 0 radical (unpaired) electrons. The van der Waals surface area contributed by atoms with E-state index in [4.69, 9.17) is 4.74 Å². The smallest absolute Gasteiger partial charge is 0.220 e. The second-order valence-electron chi connectivity index (χ2n) is 5.21. The van der Waals surface area contributed by atoms with Crippen molar-refractivity contribution in [3.63, 3.8) is 0 Å². The zero-order valence-corrected chi connectivity index (χ0v) is 12.9. The summed E-state index contributed by atoms with van der Waals surface area (Å²) in [6.45, 7) is -0.135. The maximum atomic E-state index is 13.0. The summed E-state index contributed by atoms with van der Waals surface area (Å²) >= 11 is 0. The molecule has 0 fully saturated rings. The molecule has 0 aliphatic heterocycles. The molecule has 0 aliphatic rings. The molecule has 0 aliphatic carbocycles. The molecule has 2 aromatic rings. The predicted molar refractivity (Wildman–Crippen MR) is 83.4 cm³/mol. The molecule has 7 heteroatoms. The van der Waals surface area contributed by atoms with E-state index in [0.29, 0.717) is 6.42 Å². The van der Waals surface area contributed by atoms with Gasteiger partial charge in [-0.05, 0) is 30.2 Å². The molecule has 1 amide bonds. The highest BCUT2D eigenvalue weighted by atomic mass is 19.2. The van der Waals surface area contributed by atoms with Gasteiger partial charge in [-0.25, -0.2) is 8.78 Å². The van der Waals surface area contributed by atoms with Crippen LogP contribution in [0.15, 0.2) is 42.7 Å². The molecule has 1 unspecified atom stereocenters.